The van der Waals surface area contributed by atoms with Crippen molar-refractivity contribution in [2.75, 3.05) is 46.4 Å². The van der Waals surface area contributed by atoms with Crippen molar-refractivity contribution < 1.29 is 14.6 Å². The molecule has 1 fully saturated rings. The molecule has 1 aliphatic heterocycles. The number of carboxylic acid groups (broad SMARTS) is 1. The van der Waals surface area contributed by atoms with Gasteiger partial charge in [-0.1, -0.05) is 11.6 Å². The highest BCUT2D eigenvalue weighted by molar-refractivity contribution is 6.33. The van der Waals surface area contributed by atoms with Crippen LogP contribution in [0.3, 0.4) is 0 Å². The lowest BCUT2D eigenvalue weighted by Gasteiger charge is -2.32. The summed E-state index contributed by atoms with van der Waals surface area (Å²) in [6.45, 7) is 5.72. The average molecular weight is 299 g/mol. The van der Waals surface area contributed by atoms with Gasteiger partial charge in [-0.3, -0.25) is 4.90 Å². The molecule has 0 unspecified atom stereocenters. The van der Waals surface area contributed by atoms with Crippen LogP contribution >= 0.6 is 11.6 Å². The standard InChI is InChI=1S/C14H19ClN2O3/c1-16-4-6-17(7-5-16)8-9-20-11-2-3-12(14(18)19)13(15)10-11/h2-3,10H,4-9H2,1H3,(H,18,19). The minimum atomic E-state index is -1.03. The van der Waals surface area contributed by atoms with Crippen molar-refractivity contribution in [3.8, 4) is 5.75 Å². The average Bonchev–Trinajstić information content (AvgIpc) is 2.41. The summed E-state index contributed by atoms with van der Waals surface area (Å²) in [5.41, 5.74) is 0.0954. The zero-order valence-electron chi connectivity index (χ0n) is 11.5. The molecular weight excluding hydrogens is 280 g/mol. The number of ether oxygens (including phenoxy) is 1. The lowest BCUT2D eigenvalue weighted by Crippen LogP contribution is -2.45. The number of nitrogens with zero attached hydrogens (tertiary/aromatic N) is 2. The van der Waals surface area contributed by atoms with E-state index in [-0.39, 0.29) is 10.6 Å². The van der Waals surface area contributed by atoms with Crippen LogP contribution in [0, 0.1) is 0 Å². The topological polar surface area (TPSA) is 53.0 Å². The number of piperazine rings is 1. The van der Waals surface area contributed by atoms with E-state index in [9.17, 15) is 4.79 Å². The highest BCUT2D eigenvalue weighted by Gasteiger charge is 2.13. The summed E-state index contributed by atoms with van der Waals surface area (Å²) >= 11 is 5.89. The number of aromatic carboxylic acids is 1. The molecule has 0 spiro atoms. The van der Waals surface area contributed by atoms with Gasteiger partial charge < -0.3 is 14.7 Å². The molecule has 1 aromatic carbocycles. The Labute approximate surface area is 123 Å². The number of rotatable bonds is 5. The minimum absolute atomic E-state index is 0.0954. The highest BCUT2D eigenvalue weighted by atomic mass is 35.5. The number of carboxylic acids is 1. The SMILES string of the molecule is CN1CCN(CCOc2ccc(C(=O)O)c(Cl)c2)CC1. The van der Waals surface area contributed by atoms with Crippen molar-refractivity contribution in [1.29, 1.82) is 0 Å². The second-order valence-corrected chi connectivity index (χ2v) is 5.35. The van der Waals surface area contributed by atoms with Gasteiger partial charge in [0.05, 0.1) is 10.6 Å². The lowest BCUT2D eigenvalue weighted by atomic mass is 10.2. The van der Waals surface area contributed by atoms with Crippen molar-refractivity contribution >= 4 is 17.6 Å². The Morgan fingerprint density at radius 3 is 2.65 bits per heavy atom. The molecule has 0 atom stereocenters. The third-order valence-corrected chi connectivity index (χ3v) is 3.76. The molecule has 1 heterocycles. The van der Waals surface area contributed by atoms with Crippen LogP contribution in [0.25, 0.3) is 0 Å². The van der Waals surface area contributed by atoms with Crippen molar-refractivity contribution in [3.05, 3.63) is 28.8 Å². The van der Waals surface area contributed by atoms with E-state index >= 15 is 0 Å². The number of hydrogen-bond acceptors (Lipinski definition) is 4. The molecule has 2 rings (SSSR count). The molecule has 5 nitrogen and oxygen atoms in total. The second-order valence-electron chi connectivity index (χ2n) is 4.94. The fourth-order valence-electron chi connectivity index (χ4n) is 2.12. The first-order chi connectivity index (χ1) is 9.56. The summed E-state index contributed by atoms with van der Waals surface area (Å²) in [6.07, 6.45) is 0. The molecule has 0 saturated carbocycles. The van der Waals surface area contributed by atoms with Crippen molar-refractivity contribution in [2.45, 2.75) is 0 Å². The number of benzene rings is 1. The van der Waals surface area contributed by atoms with Crippen LogP contribution in [0.2, 0.25) is 5.02 Å². The lowest BCUT2D eigenvalue weighted by molar-refractivity contribution is 0.0697. The summed E-state index contributed by atoms with van der Waals surface area (Å²) in [7, 11) is 2.12. The molecule has 1 aromatic rings. The number of likely N-dealkylation sites (N-methyl/N-ethyl adjacent to an activating group) is 1. The van der Waals surface area contributed by atoms with Crippen LogP contribution in [0.5, 0.6) is 5.75 Å². The third kappa shape index (κ3) is 4.10. The Morgan fingerprint density at radius 2 is 2.05 bits per heavy atom. The first kappa shape index (κ1) is 15.1. The number of carbonyl (C=O) groups is 1. The van der Waals surface area contributed by atoms with Crippen molar-refractivity contribution in [3.63, 3.8) is 0 Å². The molecule has 0 amide bonds. The second kappa shape index (κ2) is 6.92. The van der Waals surface area contributed by atoms with Crippen LogP contribution in [-0.4, -0.2) is 67.3 Å². The Bertz CT molecular complexity index is 473. The van der Waals surface area contributed by atoms with E-state index in [1.165, 1.54) is 6.07 Å². The molecule has 1 aliphatic rings. The fourth-order valence-corrected chi connectivity index (χ4v) is 2.37. The molecule has 0 radical (unpaired) electrons. The quantitative estimate of drug-likeness (QED) is 0.896. The zero-order valence-corrected chi connectivity index (χ0v) is 12.3. The molecule has 6 heteroatoms. The molecule has 0 bridgehead atoms. The molecule has 1 saturated heterocycles. The van der Waals surface area contributed by atoms with Gasteiger partial charge in [-0.2, -0.15) is 0 Å². The molecule has 20 heavy (non-hydrogen) atoms. The normalized spacial score (nSPS) is 17.1. The van der Waals surface area contributed by atoms with Gasteiger partial charge in [-0.05, 0) is 25.2 Å². The highest BCUT2D eigenvalue weighted by Crippen LogP contribution is 2.22. The monoisotopic (exact) mass is 298 g/mol. The Balaban J connectivity index is 1.79. The summed E-state index contributed by atoms with van der Waals surface area (Å²) < 4.78 is 5.62. The molecule has 0 aliphatic carbocycles. The predicted molar refractivity (Wildman–Crippen MR) is 77.8 cm³/mol. The van der Waals surface area contributed by atoms with Crippen molar-refractivity contribution in [2.24, 2.45) is 0 Å². The van der Waals surface area contributed by atoms with Crippen LogP contribution in [0.1, 0.15) is 10.4 Å². The maximum Gasteiger partial charge on any atom is 0.337 e. The van der Waals surface area contributed by atoms with Crippen LogP contribution in [0.4, 0.5) is 0 Å². The van der Waals surface area contributed by atoms with Gasteiger partial charge in [-0.15, -0.1) is 0 Å². The van der Waals surface area contributed by atoms with Gasteiger partial charge in [-0.25, -0.2) is 4.79 Å². The summed E-state index contributed by atoms with van der Waals surface area (Å²) in [5, 5.41) is 9.09. The Morgan fingerprint density at radius 1 is 1.35 bits per heavy atom. The van der Waals surface area contributed by atoms with E-state index in [1.54, 1.807) is 12.1 Å². The third-order valence-electron chi connectivity index (χ3n) is 3.44. The van der Waals surface area contributed by atoms with Crippen molar-refractivity contribution in [1.82, 2.24) is 9.80 Å². The van der Waals surface area contributed by atoms with Gasteiger partial charge in [0, 0.05) is 32.7 Å². The summed E-state index contributed by atoms with van der Waals surface area (Å²) in [4.78, 5) is 15.5. The summed E-state index contributed by atoms with van der Waals surface area (Å²) in [6, 6.07) is 4.66. The Kier molecular flexibility index (Phi) is 5.23. The first-order valence-electron chi connectivity index (χ1n) is 6.63. The van der Waals surface area contributed by atoms with Gasteiger partial charge >= 0.3 is 5.97 Å². The van der Waals surface area contributed by atoms with E-state index in [1.807, 2.05) is 0 Å². The molecule has 1 N–H and O–H groups in total. The zero-order chi connectivity index (χ0) is 14.5. The number of halogens is 1. The van der Waals surface area contributed by atoms with Gasteiger partial charge in [0.15, 0.2) is 0 Å². The maximum atomic E-state index is 10.8. The van der Waals surface area contributed by atoms with Crippen LogP contribution in [0.15, 0.2) is 18.2 Å². The fraction of sp³-hybridized carbons (Fsp3) is 0.500. The van der Waals surface area contributed by atoms with E-state index in [0.717, 1.165) is 32.7 Å². The van der Waals surface area contributed by atoms with E-state index in [2.05, 4.69) is 16.8 Å². The smallest absolute Gasteiger partial charge is 0.337 e. The van der Waals surface area contributed by atoms with Gasteiger partial charge in [0.25, 0.3) is 0 Å². The summed E-state index contributed by atoms with van der Waals surface area (Å²) in [5.74, 6) is -0.423. The number of hydrogen-bond donors (Lipinski definition) is 1. The van der Waals surface area contributed by atoms with Gasteiger partial charge in [0.1, 0.15) is 12.4 Å². The Hall–Kier alpha value is -1.30. The van der Waals surface area contributed by atoms with Crippen LogP contribution < -0.4 is 4.74 Å². The molecule has 0 aromatic heterocycles. The van der Waals surface area contributed by atoms with E-state index < -0.39 is 5.97 Å². The molecule has 110 valence electrons. The van der Waals surface area contributed by atoms with Crippen LogP contribution in [-0.2, 0) is 0 Å². The first-order valence-corrected chi connectivity index (χ1v) is 7.00. The van der Waals surface area contributed by atoms with E-state index in [4.69, 9.17) is 21.4 Å². The molecular formula is C14H19ClN2O3. The van der Waals surface area contributed by atoms with Gasteiger partial charge in [0.2, 0.25) is 0 Å². The maximum absolute atomic E-state index is 10.8. The van der Waals surface area contributed by atoms with E-state index in [0.29, 0.717) is 12.4 Å². The largest absolute Gasteiger partial charge is 0.492 e. The predicted octanol–water partition coefficient (Wildman–Crippen LogP) is 1.66. The minimum Gasteiger partial charge on any atom is -0.492 e.